The quantitative estimate of drug-likeness (QED) is 0.615. The zero-order chi connectivity index (χ0) is 9.68. The average Bonchev–Trinajstić information content (AvgIpc) is 2.14. The second-order valence-electron chi connectivity index (χ2n) is 3.00. The van der Waals surface area contributed by atoms with Crippen LogP contribution in [0.2, 0.25) is 0 Å². The van der Waals surface area contributed by atoms with Crippen molar-refractivity contribution in [1.82, 2.24) is 9.97 Å². The Bertz CT molecular complexity index is 266. The van der Waals surface area contributed by atoms with Crippen LogP contribution >= 0.6 is 0 Å². The van der Waals surface area contributed by atoms with E-state index in [0.29, 0.717) is 18.2 Å². The van der Waals surface area contributed by atoms with E-state index < -0.39 is 0 Å². The third kappa shape index (κ3) is 3.25. The number of nitrogens with zero attached hydrogens (tertiary/aromatic N) is 2. The van der Waals surface area contributed by atoms with E-state index in [-0.39, 0.29) is 12.5 Å². The van der Waals surface area contributed by atoms with Crippen LogP contribution in [0.25, 0.3) is 0 Å². The maximum atomic E-state index is 8.77. The summed E-state index contributed by atoms with van der Waals surface area (Å²) in [6, 6.07) is 0. The van der Waals surface area contributed by atoms with Crippen molar-refractivity contribution >= 4 is 11.6 Å². The molecule has 1 unspecified atom stereocenters. The van der Waals surface area contributed by atoms with Crippen molar-refractivity contribution in [1.29, 1.82) is 0 Å². The molecule has 4 N–H and O–H groups in total. The predicted molar refractivity (Wildman–Crippen MR) is 51.2 cm³/mol. The molecule has 0 aliphatic rings. The van der Waals surface area contributed by atoms with Crippen LogP contribution in [0.4, 0.5) is 11.6 Å². The van der Waals surface area contributed by atoms with Crippen molar-refractivity contribution in [2.45, 2.75) is 6.92 Å². The Morgan fingerprint density at radius 1 is 1.62 bits per heavy atom. The van der Waals surface area contributed by atoms with Gasteiger partial charge in [0.25, 0.3) is 0 Å². The Balaban J connectivity index is 2.45. The fourth-order valence-electron chi connectivity index (χ4n) is 0.810. The summed E-state index contributed by atoms with van der Waals surface area (Å²) < 4.78 is 0. The smallest absolute Gasteiger partial charge is 0.146 e. The van der Waals surface area contributed by atoms with E-state index in [1.165, 1.54) is 6.20 Å². The number of aromatic nitrogens is 2. The van der Waals surface area contributed by atoms with Crippen molar-refractivity contribution < 1.29 is 5.11 Å². The van der Waals surface area contributed by atoms with Crippen LogP contribution in [0.5, 0.6) is 0 Å². The first-order valence-electron chi connectivity index (χ1n) is 4.14. The first kappa shape index (κ1) is 9.73. The van der Waals surface area contributed by atoms with Gasteiger partial charge in [-0.15, -0.1) is 0 Å². The average molecular weight is 182 g/mol. The summed E-state index contributed by atoms with van der Waals surface area (Å²) in [6.45, 7) is 2.75. The van der Waals surface area contributed by atoms with Crippen molar-refractivity contribution in [3.63, 3.8) is 0 Å². The lowest BCUT2D eigenvalue weighted by molar-refractivity contribution is 0.244. The molecule has 0 aromatic carbocycles. The molecule has 0 bridgehead atoms. The highest BCUT2D eigenvalue weighted by Crippen LogP contribution is 2.03. The fourth-order valence-corrected chi connectivity index (χ4v) is 0.810. The van der Waals surface area contributed by atoms with Crippen LogP contribution in [0.3, 0.4) is 0 Å². The second-order valence-corrected chi connectivity index (χ2v) is 3.00. The van der Waals surface area contributed by atoms with Gasteiger partial charge in [0.05, 0.1) is 12.4 Å². The third-order valence-electron chi connectivity index (χ3n) is 1.60. The minimum Gasteiger partial charge on any atom is -0.396 e. The van der Waals surface area contributed by atoms with Gasteiger partial charge in [-0.2, -0.15) is 0 Å². The molecule has 0 saturated carbocycles. The van der Waals surface area contributed by atoms with E-state index in [9.17, 15) is 0 Å². The molecule has 0 aliphatic carbocycles. The molecule has 0 radical (unpaired) electrons. The SMILES string of the molecule is CC(CO)CNc1cncc(N)n1. The molecular weight excluding hydrogens is 168 g/mol. The van der Waals surface area contributed by atoms with Crippen LogP contribution in [-0.4, -0.2) is 28.2 Å². The molecule has 5 heteroatoms. The molecule has 0 aliphatic heterocycles. The topological polar surface area (TPSA) is 84.1 Å². The minimum absolute atomic E-state index is 0.156. The Hall–Kier alpha value is -1.36. The van der Waals surface area contributed by atoms with Crippen LogP contribution < -0.4 is 11.1 Å². The first-order valence-corrected chi connectivity index (χ1v) is 4.14. The molecule has 0 fully saturated rings. The van der Waals surface area contributed by atoms with Gasteiger partial charge in [-0.25, -0.2) is 4.98 Å². The van der Waals surface area contributed by atoms with Crippen molar-refractivity contribution in [3.8, 4) is 0 Å². The van der Waals surface area contributed by atoms with E-state index in [0.717, 1.165) is 0 Å². The van der Waals surface area contributed by atoms with E-state index in [1.807, 2.05) is 6.92 Å². The summed E-state index contributed by atoms with van der Waals surface area (Å²) >= 11 is 0. The second kappa shape index (κ2) is 4.61. The van der Waals surface area contributed by atoms with Gasteiger partial charge in [-0.3, -0.25) is 4.98 Å². The minimum atomic E-state index is 0.156. The Kier molecular flexibility index (Phi) is 3.45. The Labute approximate surface area is 77.0 Å². The summed E-state index contributed by atoms with van der Waals surface area (Å²) in [5.74, 6) is 1.23. The number of hydrogen-bond donors (Lipinski definition) is 3. The van der Waals surface area contributed by atoms with E-state index >= 15 is 0 Å². The van der Waals surface area contributed by atoms with Gasteiger partial charge < -0.3 is 16.2 Å². The standard InChI is InChI=1S/C8H14N4O/c1-6(5-13)2-11-8-4-10-3-7(9)12-8/h3-4,6,13H,2,5H2,1H3,(H3,9,11,12). The molecular formula is C8H14N4O. The van der Waals surface area contributed by atoms with E-state index in [4.69, 9.17) is 10.8 Å². The van der Waals surface area contributed by atoms with Gasteiger partial charge in [-0.05, 0) is 5.92 Å². The van der Waals surface area contributed by atoms with Gasteiger partial charge in [0.15, 0.2) is 0 Å². The normalized spacial score (nSPS) is 12.5. The maximum Gasteiger partial charge on any atom is 0.146 e. The summed E-state index contributed by atoms with van der Waals surface area (Å²) in [5, 5.41) is 11.8. The number of rotatable bonds is 4. The lowest BCUT2D eigenvalue weighted by Gasteiger charge is -2.09. The highest BCUT2D eigenvalue weighted by molar-refractivity contribution is 5.38. The van der Waals surface area contributed by atoms with Crippen LogP contribution in [-0.2, 0) is 0 Å². The van der Waals surface area contributed by atoms with Gasteiger partial charge >= 0.3 is 0 Å². The molecule has 1 aromatic heterocycles. The molecule has 0 amide bonds. The lowest BCUT2D eigenvalue weighted by atomic mass is 10.2. The number of anilines is 2. The summed E-state index contributed by atoms with van der Waals surface area (Å²) in [7, 11) is 0. The summed E-state index contributed by atoms with van der Waals surface area (Å²) in [6.07, 6.45) is 3.08. The molecule has 1 rings (SSSR count). The zero-order valence-electron chi connectivity index (χ0n) is 7.57. The van der Waals surface area contributed by atoms with Crippen LogP contribution in [0.15, 0.2) is 12.4 Å². The van der Waals surface area contributed by atoms with E-state index in [1.54, 1.807) is 6.20 Å². The molecule has 0 spiro atoms. The summed E-state index contributed by atoms with van der Waals surface area (Å²) in [4.78, 5) is 7.88. The molecule has 0 saturated heterocycles. The number of aliphatic hydroxyl groups excluding tert-OH is 1. The number of nitrogens with two attached hydrogens (primary N) is 1. The van der Waals surface area contributed by atoms with Crippen molar-refractivity contribution in [2.75, 3.05) is 24.2 Å². The molecule has 1 atom stereocenters. The summed E-state index contributed by atoms with van der Waals surface area (Å²) in [5.41, 5.74) is 5.43. The Morgan fingerprint density at radius 3 is 3.00 bits per heavy atom. The molecule has 13 heavy (non-hydrogen) atoms. The first-order chi connectivity index (χ1) is 6.22. The maximum absolute atomic E-state index is 8.77. The number of aliphatic hydroxyl groups is 1. The van der Waals surface area contributed by atoms with Gasteiger partial charge in [-0.1, -0.05) is 6.92 Å². The number of hydrogen-bond acceptors (Lipinski definition) is 5. The highest BCUT2D eigenvalue weighted by atomic mass is 16.3. The lowest BCUT2D eigenvalue weighted by Crippen LogP contribution is -2.15. The van der Waals surface area contributed by atoms with Crippen molar-refractivity contribution in [2.24, 2.45) is 5.92 Å². The largest absolute Gasteiger partial charge is 0.396 e. The molecule has 72 valence electrons. The van der Waals surface area contributed by atoms with Gasteiger partial charge in [0, 0.05) is 13.2 Å². The molecule has 5 nitrogen and oxygen atoms in total. The zero-order valence-corrected chi connectivity index (χ0v) is 7.57. The highest BCUT2D eigenvalue weighted by Gasteiger charge is 2.00. The van der Waals surface area contributed by atoms with Crippen LogP contribution in [0, 0.1) is 5.92 Å². The monoisotopic (exact) mass is 182 g/mol. The Morgan fingerprint density at radius 2 is 2.38 bits per heavy atom. The van der Waals surface area contributed by atoms with Gasteiger partial charge in [0.2, 0.25) is 0 Å². The molecule has 1 aromatic rings. The molecule has 1 heterocycles. The number of nitrogen functional groups attached to an aromatic ring is 1. The number of nitrogens with one attached hydrogen (secondary N) is 1. The fraction of sp³-hybridized carbons (Fsp3) is 0.500. The van der Waals surface area contributed by atoms with Crippen LogP contribution in [0.1, 0.15) is 6.92 Å². The van der Waals surface area contributed by atoms with E-state index in [2.05, 4.69) is 15.3 Å². The third-order valence-corrected chi connectivity index (χ3v) is 1.60. The predicted octanol–water partition coefficient (Wildman–Crippen LogP) is 0.0991. The van der Waals surface area contributed by atoms with Crippen molar-refractivity contribution in [3.05, 3.63) is 12.4 Å². The van der Waals surface area contributed by atoms with Gasteiger partial charge in [0.1, 0.15) is 11.6 Å².